The number of benzene rings is 1. The first kappa shape index (κ1) is 22.3. The zero-order valence-corrected chi connectivity index (χ0v) is 17.5. The molecule has 4 rings (SSSR count). The van der Waals surface area contributed by atoms with E-state index in [9.17, 15) is 4.79 Å². The van der Waals surface area contributed by atoms with E-state index < -0.39 is 0 Å². The Balaban J connectivity index is 0.00000131. The number of nitrogens with zero attached hydrogens (tertiary/aromatic N) is 2. The van der Waals surface area contributed by atoms with Gasteiger partial charge in [-0.1, -0.05) is 12.1 Å². The predicted molar refractivity (Wildman–Crippen MR) is 117 cm³/mol. The molecule has 0 bridgehead atoms. The lowest BCUT2D eigenvalue weighted by Crippen LogP contribution is -2.38. The molecule has 0 aliphatic carbocycles. The summed E-state index contributed by atoms with van der Waals surface area (Å²) in [5.41, 5.74) is 2.06. The molecule has 2 aliphatic rings. The molecule has 0 saturated carbocycles. The minimum absolute atomic E-state index is 0. The summed E-state index contributed by atoms with van der Waals surface area (Å²) in [4.78, 5) is 18.0. The fraction of sp³-hybridized carbons (Fsp3) is 0.650. The Kier molecular flexibility index (Phi) is 8.67. The number of nitrogens with one attached hydrogen (secondary N) is 2. The average Bonchev–Trinajstić information content (AvgIpc) is 2.81. The monoisotopic (exact) mass is 414 g/mol. The summed E-state index contributed by atoms with van der Waals surface area (Å²) >= 11 is 0. The van der Waals surface area contributed by atoms with Gasteiger partial charge >= 0.3 is 5.69 Å². The molecular weight excluding hydrogens is 383 g/mol. The largest absolute Gasteiger partial charge is 0.326 e. The third-order valence-electron chi connectivity index (χ3n) is 6.10. The molecular formula is C20H32Cl2N4O. The zero-order chi connectivity index (χ0) is 17.1. The van der Waals surface area contributed by atoms with Crippen molar-refractivity contribution in [1.82, 2.24) is 19.8 Å². The van der Waals surface area contributed by atoms with Crippen LogP contribution in [0.2, 0.25) is 0 Å². The van der Waals surface area contributed by atoms with Crippen molar-refractivity contribution in [3.8, 4) is 0 Å². The number of para-hydroxylation sites is 2. The molecule has 27 heavy (non-hydrogen) atoms. The number of hydrogen-bond acceptors (Lipinski definition) is 3. The van der Waals surface area contributed by atoms with Gasteiger partial charge in [-0.15, -0.1) is 24.8 Å². The van der Waals surface area contributed by atoms with Gasteiger partial charge in [-0.05, 0) is 76.2 Å². The molecule has 0 radical (unpaired) electrons. The highest BCUT2D eigenvalue weighted by molar-refractivity contribution is 5.85. The molecule has 2 N–H and O–H groups in total. The van der Waals surface area contributed by atoms with Crippen molar-refractivity contribution in [2.24, 2.45) is 5.92 Å². The summed E-state index contributed by atoms with van der Waals surface area (Å²) in [6, 6.07) is 8.38. The van der Waals surface area contributed by atoms with Gasteiger partial charge in [0.05, 0.1) is 11.0 Å². The first-order valence-electron chi connectivity index (χ1n) is 9.93. The molecule has 1 atom stereocenters. The van der Waals surface area contributed by atoms with Crippen LogP contribution in [0.3, 0.4) is 0 Å². The maximum Gasteiger partial charge on any atom is 0.326 e. The van der Waals surface area contributed by atoms with Crippen molar-refractivity contribution in [1.29, 1.82) is 0 Å². The molecule has 0 amide bonds. The van der Waals surface area contributed by atoms with Crippen molar-refractivity contribution in [3.63, 3.8) is 0 Å². The minimum atomic E-state index is 0. The van der Waals surface area contributed by atoms with Crippen LogP contribution in [0.5, 0.6) is 0 Å². The van der Waals surface area contributed by atoms with Crippen LogP contribution in [0.25, 0.3) is 11.0 Å². The summed E-state index contributed by atoms with van der Waals surface area (Å²) in [6.45, 7) is 5.83. The number of piperidine rings is 1. The number of fused-ring (bicyclic) bond motifs is 1. The molecule has 5 nitrogen and oxygen atoms in total. The van der Waals surface area contributed by atoms with E-state index in [0.29, 0.717) is 6.04 Å². The molecule has 152 valence electrons. The number of likely N-dealkylation sites (tertiary alicyclic amines) is 1. The molecule has 2 aromatic rings. The quantitative estimate of drug-likeness (QED) is 0.803. The Morgan fingerprint density at radius 1 is 1.00 bits per heavy atom. The van der Waals surface area contributed by atoms with Gasteiger partial charge in [-0.2, -0.15) is 0 Å². The van der Waals surface area contributed by atoms with Crippen LogP contribution in [-0.2, 0) is 0 Å². The summed E-state index contributed by atoms with van der Waals surface area (Å²) in [5.74, 6) is 0.893. The fourth-order valence-corrected chi connectivity index (χ4v) is 4.58. The van der Waals surface area contributed by atoms with Crippen LogP contribution in [0.1, 0.15) is 44.6 Å². The van der Waals surface area contributed by atoms with E-state index in [0.717, 1.165) is 42.9 Å². The van der Waals surface area contributed by atoms with Crippen molar-refractivity contribution in [2.45, 2.75) is 44.6 Å². The van der Waals surface area contributed by atoms with Crippen molar-refractivity contribution >= 4 is 35.8 Å². The minimum Gasteiger partial charge on any atom is -0.317 e. The summed E-state index contributed by atoms with van der Waals surface area (Å²) < 4.78 is 1.99. The van der Waals surface area contributed by atoms with E-state index >= 15 is 0 Å². The summed E-state index contributed by atoms with van der Waals surface area (Å²) in [7, 11) is 0. The van der Waals surface area contributed by atoms with Gasteiger partial charge < -0.3 is 15.2 Å². The molecule has 2 aliphatic heterocycles. The van der Waals surface area contributed by atoms with E-state index in [1.54, 1.807) is 0 Å². The van der Waals surface area contributed by atoms with E-state index in [4.69, 9.17) is 0 Å². The second-order valence-electron chi connectivity index (χ2n) is 7.73. The molecule has 1 unspecified atom stereocenters. The molecule has 0 spiro atoms. The number of rotatable bonds is 4. The lowest BCUT2D eigenvalue weighted by atomic mass is 9.96. The first-order chi connectivity index (χ1) is 12.3. The maximum atomic E-state index is 12.4. The first-order valence-corrected chi connectivity index (χ1v) is 9.93. The number of aromatic amines is 1. The Labute approximate surface area is 173 Å². The Hall–Kier alpha value is -1.01. The normalized spacial score (nSPS) is 22.0. The molecule has 3 heterocycles. The third kappa shape index (κ3) is 5.29. The molecule has 1 aromatic carbocycles. The topological polar surface area (TPSA) is 53.1 Å². The van der Waals surface area contributed by atoms with Crippen LogP contribution in [-0.4, -0.2) is 47.2 Å². The average molecular weight is 415 g/mol. The van der Waals surface area contributed by atoms with Crippen molar-refractivity contribution in [3.05, 3.63) is 34.7 Å². The van der Waals surface area contributed by atoms with E-state index in [1.807, 2.05) is 22.8 Å². The Morgan fingerprint density at radius 3 is 2.59 bits per heavy atom. The van der Waals surface area contributed by atoms with Crippen molar-refractivity contribution < 1.29 is 0 Å². The number of aromatic nitrogens is 2. The highest BCUT2D eigenvalue weighted by Crippen LogP contribution is 2.26. The van der Waals surface area contributed by atoms with Crippen molar-refractivity contribution in [2.75, 3.05) is 32.7 Å². The summed E-state index contributed by atoms with van der Waals surface area (Å²) in [6.07, 6.45) is 7.53. The van der Waals surface area contributed by atoms with Gasteiger partial charge in [0.1, 0.15) is 0 Å². The van der Waals surface area contributed by atoms with Gasteiger partial charge in [0.2, 0.25) is 0 Å². The van der Waals surface area contributed by atoms with Gasteiger partial charge in [0.15, 0.2) is 0 Å². The molecule has 2 saturated heterocycles. The Bertz CT molecular complexity index is 744. The zero-order valence-electron chi connectivity index (χ0n) is 15.9. The molecule has 1 aromatic heterocycles. The third-order valence-corrected chi connectivity index (χ3v) is 6.10. The van der Waals surface area contributed by atoms with Crippen LogP contribution >= 0.6 is 24.8 Å². The number of halogens is 2. The lowest BCUT2D eigenvalue weighted by Gasteiger charge is -2.33. The predicted octanol–water partition coefficient (Wildman–Crippen LogP) is 3.59. The second kappa shape index (κ2) is 10.5. The standard InChI is InChI=1S/C20H30N4O.2ClH/c25-20-22-18-5-1-2-6-19(18)24(20)17-9-14-23(15-10-17)13-8-16-4-3-11-21-12-7-16;;/h1-2,5-6,16-17,21H,3-4,7-15H2,(H,22,25);2*1H. The lowest BCUT2D eigenvalue weighted by molar-refractivity contribution is 0.174. The highest BCUT2D eigenvalue weighted by Gasteiger charge is 2.24. The van der Waals surface area contributed by atoms with E-state index in [2.05, 4.69) is 21.3 Å². The number of imidazole rings is 1. The number of H-pyrrole nitrogens is 1. The maximum absolute atomic E-state index is 12.4. The summed E-state index contributed by atoms with van der Waals surface area (Å²) in [5, 5.41) is 3.51. The number of hydrogen-bond donors (Lipinski definition) is 2. The van der Waals surface area contributed by atoms with Gasteiger partial charge in [-0.3, -0.25) is 4.57 Å². The molecule has 7 heteroatoms. The van der Waals surface area contributed by atoms with Crippen LogP contribution in [0.15, 0.2) is 29.1 Å². The van der Waals surface area contributed by atoms with E-state index in [1.165, 1.54) is 45.3 Å². The van der Waals surface area contributed by atoms with Gasteiger partial charge in [0.25, 0.3) is 0 Å². The second-order valence-corrected chi connectivity index (χ2v) is 7.73. The smallest absolute Gasteiger partial charge is 0.317 e. The van der Waals surface area contributed by atoms with Gasteiger partial charge in [-0.25, -0.2) is 4.79 Å². The molecule has 2 fully saturated rings. The highest BCUT2D eigenvalue weighted by atomic mass is 35.5. The van der Waals surface area contributed by atoms with Gasteiger partial charge in [0, 0.05) is 19.1 Å². The van der Waals surface area contributed by atoms with E-state index in [-0.39, 0.29) is 30.5 Å². The van der Waals surface area contributed by atoms with Crippen LogP contribution in [0.4, 0.5) is 0 Å². The SMILES string of the molecule is Cl.Cl.O=c1[nH]c2ccccc2n1C1CCN(CCC2CCCNCC2)CC1. The Morgan fingerprint density at radius 2 is 1.78 bits per heavy atom. The van der Waals surface area contributed by atoms with Crippen LogP contribution in [0, 0.1) is 5.92 Å². The fourth-order valence-electron chi connectivity index (χ4n) is 4.58. The van der Waals surface area contributed by atoms with Crippen LogP contribution < -0.4 is 11.0 Å².